The molecular formula is C16H26N2O. The molecule has 0 spiro atoms. The smallest absolute Gasteiger partial charge is 0.251 e. The molecule has 1 aromatic rings. The maximum Gasteiger partial charge on any atom is 0.251 e. The fraction of sp³-hybridized carbons (Fsp3) is 0.562. The maximum atomic E-state index is 11.7. The second-order valence-electron chi connectivity index (χ2n) is 4.86. The fourth-order valence-corrected chi connectivity index (χ4v) is 2.20. The highest BCUT2D eigenvalue weighted by Gasteiger charge is 2.07. The van der Waals surface area contributed by atoms with E-state index < -0.39 is 0 Å². The van der Waals surface area contributed by atoms with Gasteiger partial charge in [-0.3, -0.25) is 4.79 Å². The van der Waals surface area contributed by atoms with Crippen LogP contribution in [0.15, 0.2) is 24.3 Å². The van der Waals surface area contributed by atoms with Gasteiger partial charge in [0, 0.05) is 23.8 Å². The van der Waals surface area contributed by atoms with E-state index in [0.29, 0.717) is 12.6 Å². The quantitative estimate of drug-likeness (QED) is 0.748. The van der Waals surface area contributed by atoms with Crippen LogP contribution in [0.4, 0.5) is 5.69 Å². The highest BCUT2D eigenvalue weighted by molar-refractivity contribution is 5.94. The first kappa shape index (κ1) is 15.5. The Hall–Kier alpha value is -1.51. The molecule has 2 N–H and O–H groups in total. The molecule has 106 valence electrons. The topological polar surface area (TPSA) is 41.1 Å². The number of carbonyl (C=O) groups excluding carboxylic acids is 1. The highest BCUT2D eigenvalue weighted by Crippen LogP contribution is 2.15. The summed E-state index contributed by atoms with van der Waals surface area (Å²) in [5.41, 5.74) is 1.81. The molecule has 1 rings (SSSR count). The second-order valence-corrected chi connectivity index (χ2v) is 4.86. The summed E-state index contributed by atoms with van der Waals surface area (Å²) in [5.74, 6) is -0.00674. The Morgan fingerprint density at radius 1 is 1.05 bits per heavy atom. The van der Waals surface area contributed by atoms with Crippen molar-refractivity contribution in [1.82, 2.24) is 5.32 Å². The van der Waals surface area contributed by atoms with Crippen LogP contribution >= 0.6 is 0 Å². The van der Waals surface area contributed by atoms with Crippen LogP contribution in [-0.4, -0.2) is 18.5 Å². The van der Waals surface area contributed by atoms with Crippen LogP contribution in [0.5, 0.6) is 0 Å². The van der Waals surface area contributed by atoms with Gasteiger partial charge < -0.3 is 10.6 Å². The van der Waals surface area contributed by atoms with Crippen LogP contribution in [0, 0.1) is 0 Å². The lowest BCUT2D eigenvalue weighted by Crippen LogP contribution is -2.22. The van der Waals surface area contributed by atoms with E-state index in [4.69, 9.17) is 0 Å². The Labute approximate surface area is 116 Å². The summed E-state index contributed by atoms with van der Waals surface area (Å²) in [7, 11) is 0. The van der Waals surface area contributed by atoms with Crippen LogP contribution < -0.4 is 10.6 Å². The SMILES string of the molecule is CCCC(CCC)Nc1ccc(C(=O)NCC)cc1. The molecule has 0 bridgehead atoms. The number of hydrogen-bond donors (Lipinski definition) is 2. The molecule has 0 unspecified atom stereocenters. The number of hydrogen-bond acceptors (Lipinski definition) is 2. The minimum Gasteiger partial charge on any atom is -0.382 e. The van der Waals surface area contributed by atoms with E-state index in [1.807, 2.05) is 31.2 Å². The van der Waals surface area contributed by atoms with E-state index in [1.165, 1.54) is 25.7 Å². The van der Waals surface area contributed by atoms with Crippen molar-refractivity contribution >= 4 is 11.6 Å². The minimum absolute atomic E-state index is 0.00674. The van der Waals surface area contributed by atoms with Crippen molar-refractivity contribution in [2.24, 2.45) is 0 Å². The average Bonchev–Trinajstić information content (AvgIpc) is 2.40. The van der Waals surface area contributed by atoms with Gasteiger partial charge >= 0.3 is 0 Å². The molecule has 3 nitrogen and oxygen atoms in total. The zero-order valence-electron chi connectivity index (χ0n) is 12.3. The summed E-state index contributed by atoms with van der Waals surface area (Å²) >= 11 is 0. The molecule has 0 aromatic heterocycles. The first-order chi connectivity index (χ1) is 9.21. The third-order valence-corrected chi connectivity index (χ3v) is 3.13. The van der Waals surface area contributed by atoms with Crippen molar-refractivity contribution in [3.63, 3.8) is 0 Å². The van der Waals surface area contributed by atoms with Crippen LogP contribution in [0.25, 0.3) is 0 Å². The standard InChI is InChI=1S/C16H26N2O/c1-4-7-14(8-5-2)18-15-11-9-13(10-12-15)16(19)17-6-3/h9-12,14,18H,4-8H2,1-3H3,(H,17,19). The van der Waals surface area contributed by atoms with Gasteiger partial charge in [-0.25, -0.2) is 0 Å². The number of nitrogens with one attached hydrogen (secondary N) is 2. The summed E-state index contributed by atoms with van der Waals surface area (Å²) in [6.45, 7) is 7.01. The molecule has 0 atom stereocenters. The largest absolute Gasteiger partial charge is 0.382 e. The molecule has 0 radical (unpaired) electrons. The monoisotopic (exact) mass is 262 g/mol. The third kappa shape index (κ3) is 5.33. The Kier molecular flexibility index (Phi) is 7.01. The van der Waals surface area contributed by atoms with Gasteiger partial charge in [0.05, 0.1) is 0 Å². The molecule has 3 heteroatoms. The number of anilines is 1. The molecule has 0 saturated heterocycles. The molecule has 0 aliphatic carbocycles. The van der Waals surface area contributed by atoms with Crippen molar-refractivity contribution in [1.29, 1.82) is 0 Å². The zero-order valence-corrected chi connectivity index (χ0v) is 12.3. The second kappa shape index (κ2) is 8.57. The van der Waals surface area contributed by atoms with E-state index >= 15 is 0 Å². The minimum atomic E-state index is -0.00674. The van der Waals surface area contributed by atoms with Crippen molar-refractivity contribution < 1.29 is 4.79 Å². The Balaban J connectivity index is 2.62. The van der Waals surface area contributed by atoms with Gasteiger partial charge in [0.1, 0.15) is 0 Å². The molecule has 0 fully saturated rings. The molecule has 1 amide bonds. The van der Waals surface area contributed by atoms with Gasteiger partial charge in [0.15, 0.2) is 0 Å². The lowest BCUT2D eigenvalue weighted by Gasteiger charge is -2.18. The molecule has 0 saturated carbocycles. The van der Waals surface area contributed by atoms with Crippen molar-refractivity contribution in [3.8, 4) is 0 Å². The van der Waals surface area contributed by atoms with Gasteiger partial charge in [-0.15, -0.1) is 0 Å². The lowest BCUT2D eigenvalue weighted by atomic mass is 10.1. The molecule has 19 heavy (non-hydrogen) atoms. The van der Waals surface area contributed by atoms with E-state index in [-0.39, 0.29) is 5.91 Å². The van der Waals surface area contributed by atoms with Gasteiger partial charge in [-0.1, -0.05) is 26.7 Å². The van der Waals surface area contributed by atoms with Gasteiger partial charge in [0.2, 0.25) is 0 Å². The molecule has 1 aromatic carbocycles. The molecule has 0 heterocycles. The van der Waals surface area contributed by atoms with E-state index in [2.05, 4.69) is 24.5 Å². The van der Waals surface area contributed by atoms with Gasteiger partial charge in [0.25, 0.3) is 5.91 Å². The number of benzene rings is 1. The number of rotatable bonds is 8. The van der Waals surface area contributed by atoms with Crippen molar-refractivity contribution in [2.45, 2.75) is 52.5 Å². The summed E-state index contributed by atoms with van der Waals surface area (Å²) in [6, 6.07) is 8.27. The average molecular weight is 262 g/mol. The van der Waals surface area contributed by atoms with Crippen LogP contribution in [0.2, 0.25) is 0 Å². The zero-order chi connectivity index (χ0) is 14.1. The molecule has 0 aliphatic heterocycles. The van der Waals surface area contributed by atoms with Crippen molar-refractivity contribution in [2.75, 3.05) is 11.9 Å². The van der Waals surface area contributed by atoms with Crippen LogP contribution in [-0.2, 0) is 0 Å². The highest BCUT2D eigenvalue weighted by atomic mass is 16.1. The molecule has 0 aliphatic rings. The first-order valence-electron chi connectivity index (χ1n) is 7.36. The Morgan fingerprint density at radius 2 is 1.63 bits per heavy atom. The van der Waals surface area contributed by atoms with Gasteiger partial charge in [-0.2, -0.15) is 0 Å². The summed E-state index contributed by atoms with van der Waals surface area (Å²) in [6.07, 6.45) is 4.75. The fourth-order valence-electron chi connectivity index (χ4n) is 2.20. The Bertz CT molecular complexity index is 367. The van der Waals surface area contributed by atoms with E-state index in [1.54, 1.807) is 0 Å². The summed E-state index contributed by atoms with van der Waals surface area (Å²) in [5, 5.41) is 6.35. The summed E-state index contributed by atoms with van der Waals surface area (Å²) < 4.78 is 0. The van der Waals surface area contributed by atoms with Crippen LogP contribution in [0.3, 0.4) is 0 Å². The van der Waals surface area contributed by atoms with Crippen molar-refractivity contribution in [3.05, 3.63) is 29.8 Å². The number of amides is 1. The van der Waals surface area contributed by atoms with Crippen LogP contribution in [0.1, 0.15) is 56.8 Å². The van der Waals surface area contributed by atoms with E-state index in [0.717, 1.165) is 11.3 Å². The first-order valence-corrected chi connectivity index (χ1v) is 7.36. The maximum absolute atomic E-state index is 11.7. The Morgan fingerprint density at radius 3 is 2.11 bits per heavy atom. The number of carbonyl (C=O) groups is 1. The predicted molar refractivity (Wildman–Crippen MR) is 81.7 cm³/mol. The van der Waals surface area contributed by atoms with Gasteiger partial charge in [-0.05, 0) is 44.0 Å². The molecular weight excluding hydrogens is 236 g/mol. The lowest BCUT2D eigenvalue weighted by molar-refractivity contribution is 0.0956. The predicted octanol–water partition coefficient (Wildman–Crippen LogP) is 3.82. The summed E-state index contributed by atoms with van der Waals surface area (Å²) in [4.78, 5) is 11.7. The third-order valence-electron chi connectivity index (χ3n) is 3.13. The van der Waals surface area contributed by atoms with E-state index in [9.17, 15) is 4.79 Å². The normalized spacial score (nSPS) is 10.5.